The van der Waals surface area contributed by atoms with Crippen LogP contribution in [0.15, 0.2) is 42.4 Å². The number of rotatable bonds is 2. The number of aromatic nitrogens is 2. The van der Waals surface area contributed by atoms with Crippen LogP contribution in [0.2, 0.25) is 0 Å². The Morgan fingerprint density at radius 2 is 1.85 bits per heavy atom. The lowest BCUT2D eigenvalue weighted by Gasteiger charge is -2.06. The van der Waals surface area contributed by atoms with Gasteiger partial charge in [0.25, 0.3) is 0 Å². The zero-order chi connectivity index (χ0) is 14.3. The van der Waals surface area contributed by atoms with Gasteiger partial charge < -0.3 is 5.73 Å². The molecule has 0 bridgehead atoms. The normalized spacial score (nSPS) is 10.9. The molecule has 0 spiro atoms. The van der Waals surface area contributed by atoms with E-state index in [0.29, 0.717) is 5.82 Å². The maximum Gasteiger partial charge on any atom is 0.153 e. The number of thiophene rings is 1. The van der Waals surface area contributed by atoms with Gasteiger partial charge in [0.15, 0.2) is 5.82 Å². The Morgan fingerprint density at radius 3 is 2.50 bits per heavy atom. The number of H-pyrrole nitrogens is 1. The fourth-order valence-corrected chi connectivity index (χ4v) is 5.30. The van der Waals surface area contributed by atoms with Crippen LogP contribution in [0.1, 0.15) is 0 Å². The summed E-state index contributed by atoms with van der Waals surface area (Å²) in [6.07, 6.45) is 0. The quantitative estimate of drug-likeness (QED) is 0.499. The molecule has 0 saturated heterocycles. The van der Waals surface area contributed by atoms with Crippen LogP contribution in [-0.2, 0) is 0 Å². The van der Waals surface area contributed by atoms with Crippen molar-refractivity contribution in [1.82, 2.24) is 10.2 Å². The molecule has 0 aliphatic rings. The summed E-state index contributed by atoms with van der Waals surface area (Å²) in [5, 5.41) is 7.19. The van der Waals surface area contributed by atoms with Crippen LogP contribution in [0.4, 0.5) is 5.82 Å². The third-order valence-electron chi connectivity index (χ3n) is 2.86. The minimum atomic E-state index is 0.487. The monoisotopic (exact) mass is 475 g/mol. The summed E-state index contributed by atoms with van der Waals surface area (Å²) in [5.74, 6) is 0.487. The number of nitrogens with one attached hydrogen (secondary N) is 1. The topological polar surface area (TPSA) is 54.7 Å². The van der Waals surface area contributed by atoms with E-state index in [0.717, 1.165) is 34.4 Å². The van der Waals surface area contributed by atoms with Crippen molar-refractivity contribution >= 4 is 64.9 Å². The Bertz CT molecular complexity index is 779. The Kier molecular flexibility index (Phi) is 4.03. The molecule has 20 heavy (non-hydrogen) atoms. The molecule has 1 aromatic carbocycles. The van der Waals surface area contributed by atoms with E-state index >= 15 is 0 Å². The molecule has 0 fully saturated rings. The fraction of sp³-hybridized carbons (Fsp3) is 0. The second-order valence-electron chi connectivity index (χ2n) is 4.08. The number of nitrogen functional groups attached to an aromatic ring is 1. The highest BCUT2D eigenvalue weighted by molar-refractivity contribution is 9.12. The highest BCUT2D eigenvalue weighted by Crippen LogP contribution is 2.44. The minimum Gasteiger partial charge on any atom is -0.382 e. The van der Waals surface area contributed by atoms with Crippen LogP contribution in [0, 0.1) is 0 Å². The van der Waals surface area contributed by atoms with E-state index in [9.17, 15) is 0 Å². The van der Waals surface area contributed by atoms with E-state index in [2.05, 4.69) is 58.0 Å². The Labute approximate surface area is 145 Å². The van der Waals surface area contributed by atoms with Crippen molar-refractivity contribution in [3.63, 3.8) is 0 Å². The smallest absolute Gasteiger partial charge is 0.153 e. The Morgan fingerprint density at radius 1 is 1.10 bits per heavy atom. The predicted octanol–water partition coefficient (Wildman–Crippen LogP) is 5.67. The number of benzene rings is 1. The van der Waals surface area contributed by atoms with E-state index in [1.165, 1.54) is 0 Å². The standard InChI is InChI=1S/C13H8Br3N3S/c14-8-4-2-1-3-6(8)10-11(18-19-13(10)17)7-5-9(15)20-12(7)16/h1-5H,(H3,17,18,19). The molecule has 0 amide bonds. The van der Waals surface area contributed by atoms with Gasteiger partial charge in [-0.15, -0.1) is 11.3 Å². The number of hydrogen-bond donors (Lipinski definition) is 2. The van der Waals surface area contributed by atoms with Gasteiger partial charge in [-0.1, -0.05) is 34.1 Å². The number of hydrogen-bond acceptors (Lipinski definition) is 3. The fourth-order valence-electron chi connectivity index (χ4n) is 2.00. The molecule has 3 N–H and O–H groups in total. The third kappa shape index (κ3) is 2.47. The SMILES string of the molecule is Nc1n[nH]c(-c2cc(Br)sc2Br)c1-c1ccccc1Br. The van der Waals surface area contributed by atoms with Crippen LogP contribution in [0.25, 0.3) is 22.4 Å². The van der Waals surface area contributed by atoms with Crippen LogP contribution < -0.4 is 5.73 Å². The summed E-state index contributed by atoms with van der Waals surface area (Å²) < 4.78 is 3.06. The van der Waals surface area contributed by atoms with Gasteiger partial charge in [0, 0.05) is 15.6 Å². The molecule has 0 radical (unpaired) electrons. The van der Waals surface area contributed by atoms with Gasteiger partial charge in [0.1, 0.15) is 0 Å². The first-order valence-electron chi connectivity index (χ1n) is 5.62. The van der Waals surface area contributed by atoms with Gasteiger partial charge in [0.05, 0.1) is 18.8 Å². The van der Waals surface area contributed by atoms with Crippen molar-refractivity contribution in [2.45, 2.75) is 0 Å². The molecular formula is C13H8Br3N3S. The largest absolute Gasteiger partial charge is 0.382 e. The number of nitrogens with zero attached hydrogens (tertiary/aromatic N) is 1. The first-order valence-corrected chi connectivity index (χ1v) is 8.81. The summed E-state index contributed by atoms with van der Waals surface area (Å²) in [6.45, 7) is 0. The first kappa shape index (κ1) is 14.3. The highest BCUT2D eigenvalue weighted by Gasteiger charge is 2.19. The van der Waals surface area contributed by atoms with E-state index in [1.54, 1.807) is 11.3 Å². The van der Waals surface area contributed by atoms with E-state index < -0.39 is 0 Å². The summed E-state index contributed by atoms with van der Waals surface area (Å²) >= 11 is 12.3. The summed E-state index contributed by atoms with van der Waals surface area (Å²) in [4.78, 5) is 0. The van der Waals surface area contributed by atoms with Crippen molar-refractivity contribution in [2.24, 2.45) is 0 Å². The summed E-state index contributed by atoms with van der Waals surface area (Å²) in [6, 6.07) is 10.0. The maximum absolute atomic E-state index is 6.05. The predicted molar refractivity (Wildman–Crippen MR) is 94.8 cm³/mol. The average molecular weight is 478 g/mol. The number of halogens is 3. The van der Waals surface area contributed by atoms with Crippen molar-refractivity contribution < 1.29 is 0 Å². The molecule has 0 atom stereocenters. The highest BCUT2D eigenvalue weighted by atomic mass is 79.9. The summed E-state index contributed by atoms with van der Waals surface area (Å²) in [7, 11) is 0. The molecule has 102 valence electrons. The summed E-state index contributed by atoms with van der Waals surface area (Å²) in [5.41, 5.74) is 9.92. The van der Waals surface area contributed by atoms with Gasteiger partial charge in [-0.2, -0.15) is 5.10 Å². The molecule has 0 aliphatic carbocycles. The lowest BCUT2D eigenvalue weighted by Crippen LogP contribution is -1.89. The third-order valence-corrected chi connectivity index (χ3v) is 5.89. The van der Waals surface area contributed by atoms with Crippen molar-refractivity contribution in [3.05, 3.63) is 42.4 Å². The second kappa shape index (κ2) is 5.63. The zero-order valence-corrected chi connectivity index (χ0v) is 15.5. The molecule has 2 heterocycles. The molecule has 0 unspecified atom stereocenters. The lowest BCUT2D eigenvalue weighted by atomic mass is 10.0. The molecule has 3 rings (SSSR count). The minimum absolute atomic E-state index is 0.487. The lowest BCUT2D eigenvalue weighted by molar-refractivity contribution is 1.10. The van der Waals surface area contributed by atoms with Crippen molar-refractivity contribution in [2.75, 3.05) is 5.73 Å². The second-order valence-corrected chi connectivity index (χ2v) is 8.68. The molecule has 0 aliphatic heterocycles. The molecular weight excluding hydrogens is 470 g/mol. The maximum atomic E-state index is 6.05. The van der Waals surface area contributed by atoms with Crippen LogP contribution in [0.5, 0.6) is 0 Å². The van der Waals surface area contributed by atoms with Gasteiger partial charge in [-0.25, -0.2) is 0 Å². The van der Waals surface area contributed by atoms with Crippen molar-refractivity contribution in [3.8, 4) is 22.4 Å². The number of nitrogens with two attached hydrogens (primary N) is 1. The molecule has 3 aromatic rings. The van der Waals surface area contributed by atoms with Gasteiger partial charge in [0.2, 0.25) is 0 Å². The van der Waals surface area contributed by atoms with Crippen LogP contribution >= 0.6 is 59.1 Å². The van der Waals surface area contributed by atoms with Crippen LogP contribution in [0.3, 0.4) is 0 Å². The van der Waals surface area contributed by atoms with Crippen molar-refractivity contribution in [1.29, 1.82) is 0 Å². The van der Waals surface area contributed by atoms with E-state index in [4.69, 9.17) is 5.73 Å². The Hall–Kier alpha value is -0.630. The van der Waals surface area contributed by atoms with E-state index in [1.807, 2.05) is 30.3 Å². The molecule has 0 saturated carbocycles. The molecule has 3 nitrogen and oxygen atoms in total. The van der Waals surface area contributed by atoms with Gasteiger partial charge in [-0.05, 0) is 44.0 Å². The van der Waals surface area contributed by atoms with Gasteiger partial charge >= 0.3 is 0 Å². The average Bonchev–Trinajstić information content (AvgIpc) is 2.93. The van der Waals surface area contributed by atoms with E-state index in [-0.39, 0.29) is 0 Å². The molecule has 2 aromatic heterocycles. The Balaban J connectivity index is 2.26. The van der Waals surface area contributed by atoms with Crippen LogP contribution in [-0.4, -0.2) is 10.2 Å². The van der Waals surface area contributed by atoms with Gasteiger partial charge in [-0.3, -0.25) is 5.10 Å². The number of anilines is 1. The first-order chi connectivity index (χ1) is 9.58. The number of aromatic amines is 1. The zero-order valence-electron chi connectivity index (χ0n) is 9.95. The molecule has 7 heteroatoms.